The van der Waals surface area contributed by atoms with Gasteiger partial charge in [-0.3, -0.25) is 9.78 Å². The van der Waals surface area contributed by atoms with Gasteiger partial charge in [-0.25, -0.2) is 0 Å². The molecule has 0 aliphatic rings. The van der Waals surface area contributed by atoms with E-state index in [4.69, 9.17) is 0 Å². The Bertz CT molecular complexity index is 763. The third-order valence-corrected chi connectivity index (χ3v) is 3.49. The van der Waals surface area contributed by atoms with Gasteiger partial charge in [-0.2, -0.15) is 0 Å². The normalized spacial score (nSPS) is 10.5. The predicted molar refractivity (Wildman–Crippen MR) is 84.0 cm³/mol. The highest BCUT2D eigenvalue weighted by Gasteiger charge is 2.15. The van der Waals surface area contributed by atoms with Crippen LogP contribution < -0.4 is 0 Å². The van der Waals surface area contributed by atoms with Crippen LogP contribution in [0.25, 0.3) is 10.9 Å². The summed E-state index contributed by atoms with van der Waals surface area (Å²) in [5, 5.41) is 0.893. The second kappa shape index (κ2) is 5.75. The summed E-state index contributed by atoms with van der Waals surface area (Å²) in [7, 11) is 1.82. The minimum Gasteiger partial charge on any atom is -0.337 e. The van der Waals surface area contributed by atoms with E-state index in [1.54, 1.807) is 17.2 Å². The number of carbonyl (C=O) groups excluding carboxylic acids is 1. The Kier molecular flexibility index (Phi) is 3.65. The summed E-state index contributed by atoms with van der Waals surface area (Å²) < 4.78 is 0. The average molecular weight is 276 g/mol. The molecule has 3 aromatic rings. The Morgan fingerprint density at radius 2 is 1.71 bits per heavy atom. The van der Waals surface area contributed by atoms with Crippen molar-refractivity contribution in [3.8, 4) is 0 Å². The number of pyridine rings is 1. The first kappa shape index (κ1) is 13.3. The SMILES string of the molecule is CN(Cc1ccccc1)C(=O)c1ccnc2ccccc12. The smallest absolute Gasteiger partial charge is 0.254 e. The van der Waals surface area contributed by atoms with Crippen molar-refractivity contribution in [3.63, 3.8) is 0 Å². The van der Waals surface area contributed by atoms with Crippen LogP contribution in [0.2, 0.25) is 0 Å². The lowest BCUT2D eigenvalue weighted by Gasteiger charge is -2.18. The lowest BCUT2D eigenvalue weighted by atomic mass is 10.1. The van der Waals surface area contributed by atoms with Gasteiger partial charge in [0.05, 0.1) is 11.1 Å². The fourth-order valence-corrected chi connectivity index (χ4v) is 2.42. The molecule has 3 rings (SSSR count). The monoisotopic (exact) mass is 276 g/mol. The largest absolute Gasteiger partial charge is 0.337 e. The van der Waals surface area contributed by atoms with Crippen LogP contribution >= 0.6 is 0 Å². The second-order valence-electron chi connectivity index (χ2n) is 5.02. The summed E-state index contributed by atoms with van der Waals surface area (Å²) in [4.78, 5) is 18.7. The van der Waals surface area contributed by atoms with E-state index in [1.165, 1.54) is 0 Å². The zero-order valence-corrected chi connectivity index (χ0v) is 11.9. The molecule has 0 saturated carbocycles. The number of nitrogens with zero attached hydrogens (tertiary/aromatic N) is 2. The number of aromatic nitrogens is 1. The predicted octanol–water partition coefficient (Wildman–Crippen LogP) is 3.51. The van der Waals surface area contributed by atoms with E-state index < -0.39 is 0 Å². The van der Waals surface area contributed by atoms with Crippen LogP contribution in [0.1, 0.15) is 15.9 Å². The van der Waals surface area contributed by atoms with E-state index in [1.807, 2.05) is 61.6 Å². The van der Waals surface area contributed by atoms with Gasteiger partial charge in [0.1, 0.15) is 0 Å². The van der Waals surface area contributed by atoms with E-state index >= 15 is 0 Å². The van der Waals surface area contributed by atoms with Crippen LogP contribution in [-0.2, 0) is 6.54 Å². The van der Waals surface area contributed by atoms with Crippen molar-refractivity contribution in [1.82, 2.24) is 9.88 Å². The maximum atomic E-state index is 12.7. The summed E-state index contributed by atoms with van der Waals surface area (Å²) in [5.41, 5.74) is 2.65. The molecule has 21 heavy (non-hydrogen) atoms. The first-order valence-electron chi connectivity index (χ1n) is 6.89. The van der Waals surface area contributed by atoms with Crippen molar-refractivity contribution in [3.05, 3.63) is 78.0 Å². The highest BCUT2D eigenvalue weighted by molar-refractivity contribution is 6.05. The Morgan fingerprint density at radius 3 is 2.52 bits per heavy atom. The molecule has 0 radical (unpaired) electrons. The van der Waals surface area contributed by atoms with Crippen LogP contribution in [0, 0.1) is 0 Å². The molecule has 0 aliphatic heterocycles. The minimum atomic E-state index is 0.0115. The number of benzene rings is 2. The van der Waals surface area contributed by atoms with Crippen molar-refractivity contribution in [2.75, 3.05) is 7.05 Å². The molecule has 3 heteroatoms. The molecule has 0 unspecified atom stereocenters. The number of para-hydroxylation sites is 1. The maximum absolute atomic E-state index is 12.7. The number of hydrogen-bond donors (Lipinski definition) is 0. The van der Waals surface area contributed by atoms with Gasteiger partial charge in [-0.05, 0) is 17.7 Å². The molecule has 3 nitrogen and oxygen atoms in total. The Labute approximate surface area is 123 Å². The molecule has 0 atom stereocenters. The Morgan fingerprint density at radius 1 is 1.00 bits per heavy atom. The van der Waals surface area contributed by atoms with Crippen molar-refractivity contribution < 1.29 is 4.79 Å². The van der Waals surface area contributed by atoms with Gasteiger partial charge >= 0.3 is 0 Å². The van der Waals surface area contributed by atoms with Crippen molar-refractivity contribution in [2.45, 2.75) is 6.54 Å². The molecule has 0 saturated heterocycles. The third kappa shape index (κ3) is 2.77. The summed E-state index contributed by atoms with van der Waals surface area (Å²) in [6.07, 6.45) is 1.69. The number of amides is 1. The lowest BCUT2D eigenvalue weighted by Crippen LogP contribution is -2.26. The second-order valence-corrected chi connectivity index (χ2v) is 5.02. The van der Waals surface area contributed by atoms with E-state index in [9.17, 15) is 4.79 Å². The zero-order valence-electron chi connectivity index (χ0n) is 11.9. The lowest BCUT2D eigenvalue weighted by molar-refractivity contribution is 0.0787. The van der Waals surface area contributed by atoms with Gasteiger partial charge in [0, 0.05) is 25.2 Å². The first-order chi connectivity index (χ1) is 10.3. The van der Waals surface area contributed by atoms with E-state index in [-0.39, 0.29) is 5.91 Å². The van der Waals surface area contributed by atoms with Crippen molar-refractivity contribution in [2.24, 2.45) is 0 Å². The van der Waals surface area contributed by atoms with Gasteiger partial charge in [0.2, 0.25) is 0 Å². The molecule has 0 spiro atoms. The van der Waals surface area contributed by atoms with Gasteiger partial charge in [0.15, 0.2) is 0 Å². The van der Waals surface area contributed by atoms with Crippen LogP contribution in [-0.4, -0.2) is 22.8 Å². The number of rotatable bonds is 3. The maximum Gasteiger partial charge on any atom is 0.254 e. The van der Waals surface area contributed by atoms with E-state index in [0.29, 0.717) is 12.1 Å². The molecule has 0 N–H and O–H groups in total. The minimum absolute atomic E-state index is 0.0115. The van der Waals surface area contributed by atoms with Gasteiger partial charge in [0.25, 0.3) is 5.91 Å². The molecule has 1 aromatic heterocycles. The topological polar surface area (TPSA) is 33.2 Å². The summed E-state index contributed by atoms with van der Waals surface area (Å²) in [5.74, 6) is 0.0115. The molecular formula is C18H16N2O. The van der Waals surface area contributed by atoms with E-state index in [0.717, 1.165) is 16.5 Å². The highest BCUT2D eigenvalue weighted by Crippen LogP contribution is 2.18. The van der Waals surface area contributed by atoms with Crippen LogP contribution in [0.15, 0.2) is 66.9 Å². The summed E-state index contributed by atoms with van der Waals surface area (Å²) >= 11 is 0. The molecule has 0 aliphatic carbocycles. The number of carbonyl (C=O) groups is 1. The first-order valence-corrected chi connectivity index (χ1v) is 6.89. The third-order valence-electron chi connectivity index (χ3n) is 3.49. The van der Waals surface area contributed by atoms with E-state index in [2.05, 4.69) is 4.98 Å². The van der Waals surface area contributed by atoms with Gasteiger partial charge < -0.3 is 4.90 Å². The molecule has 2 aromatic carbocycles. The van der Waals surface area contributed by atoms with Crippen LogP contribution in [0.3, 0.4) is 0 Å². The fourth-order valence-electron chi connectivity index (χ4n) is 2.42. The standard InChI is InChI=1S/C18H16N2O/c1-20(13-14-7-3-2-4-8-14)18(21)16-11-12-19-17-10-6-5-9-15(16)17/h2-12H,13H2,1H3. The van der Waals surface area contributed by atoms with Gasteiger partial charge in [-0.1, -0.05) is 48.5 Å². The van der Waals surface area contributed by atoms with Crippen LogP contribution in [0.4, 0.5) is 0 Å². The number of fused-ring (bicyclic) bond motifs is 1. The van der Waals surface area contributed by atoms with Gasteiger partial charge in [-0.15, -0.1) is 0 Å². The van der Waals surface area contributed by atoms with Crippen molar-refractivity contribution in [1.29, 1.82) is 0 Å². The highest BCUT2D eigenvalue weighted by atomic mass is 16.2. The Balaban J connectivity index is 1.90. The molecule has 104 valence electrons. The molecule has 1 amide bonds. The molecule has 0 bridgehead atoms. The van der Waals surface area contributed by atoms with Crippen molar-refractivity contribution >= 4 is 16.8 Å². The quantitative estimate of drug-likeness (QED) is 0.733. The Hall–Kier alpha value is -2.68. The van der Waals surface area contributed by atoms with Crippen LogP contribution in [0.5, 0.6) is 0 Å². The molecule has 1 heterocycles. The number of hydrogen-bond acceptors (Lipinski definition) is 2. The summed E-state index contributed by atoms with van der Waals surface area (Å²) in [6.45, 7) is 0.594. The summed E-state index contributed by atoms with van der Waals surface area (Å²) in [6, 6.07) is 19.5. The molecular weight excluding hydrogens is 260 g/mol. The molecule has 0 fully saturated rings. The fraction of sp³-hybridized carbons (Fsp3) is 0.111. The average Bonchev–Trinajstić information content (AvgIpc) is 2.54. The zero-order chi connectivity index (χ0) is 14.7.